The summed E-state index contributed by atoms with van der Waals surface area (Å²) in [7, 11) is -3.63. The molecule has 2 heterocycles. The Hall–Kier alpha value is -1.44. The predicted molar refractivity (Wildman–Crippen MR) is 95.0 cm³/mol. The third-order valence-electron chi connectivity index (χ3n) is 4.75. The second-order valence-corrected chi connectivity index (χ2v) is 8.90. The number of morpholine rings is 1. The van der Waals surface area contributed by atoms with Crippen molar-refractivity contribution in [2.45, 2.75) is 50.2 Å². The number of ether oxygens (including phenoxy) is 1. The number of carbonyl (C=O) groups is 1. The van der Waals surface area contributed by atoms with E-state index in [1.165, 1.54) is 10.4 Å². The minimum atomic E-state index is -3.63. The molecule has 0 saturated carbocycles. The zero-order chi connectivity index (χ0) is 18.0. The molecule has 1 aromatic rings. The number of hydrogen-bond donors (Lipinski definition) is 0. The van der Waals surface area contributed by atoms with E-state index in [1.807, 2.05) is 18.7 Å². The number of piperidine rings is 1. The second kappa shape index (κ2) is 7.43. The van der Waals surface area contributed by atoms with Crippen molar-refractivity contribution in [3.8, 4) is 0 Å². The maximum atomic E-state index is 13.0. The van der Waals surface area contributed by atoms with E-state index in [1.54, 1.807) is 18.2 Å². The van der Waals surface area contributed by atoms with E-state index in [4.69, 9.17) is 4.74 Å². The zero-order valence-electron chi connectivity index (χ0n) is 14.8. The molecule has 0 spiro atoms. The quantitative estimate of drug-likeness (QED) is 0.822. The summed E-state index contributed by atoms with van der Waals surface area (Å²) in [5, 5.41) is 0. The van der Waals surface area contributed by atoms with Crippen LogP contribution in [0.25, 0.3) is 0 Å². The van der Waals surface area contributed by atoms with Gasteiger partial charge in [-0.1, -0.05) is 6.07 Å². The van der Waals surface area contributed by atoms with Crippen molar-refractivity contribution in [2.75, 3.05) is 26.2 Å². The highest BCUT2D eigenvalue weighted by Gasteiger charge is 2.32. The molecule has 138 valence electrons. The van der Waals surface area contributed by atoms with E-state index in [2.05, 4.69) is 0 Å². The molecule has 7 heteroatoms. The summed E-state index contributed by atoms with van der Waals surface area (Å²) >= 11 is 0. The van der Waals surface area contributed by atoms with Crippen LogP contribution in [0.5, 0.6) is 0 Å². The lowest BCUT2D eigenvalue weighted by Gasteiger charge is -2.34. The first-order valence-electron chi connectivity index (χ1n) is 8.93. The molecule has 25 heavy (non-hydrogen) atoms. The van der Waals surface area contributed by atoms with E-state index in [9.17, 15) is 13.2 Å². The molecule has 0 aromatic heterocycles. The molecule has 3 rings (SSSR count). The monoisotopic (exact) mass is 366 g/mol. The lowest BCUT2D eigenvalue weighted by molar-refractivity contribution is -0.0440. The molecule has 2 aliphatic rings. The zero-order valence-corrected chi connectivity index (χ0v) is 15.7. The second-order valence-electron chi connectivity index (χ2n) is 6.96. The molecule has 2 aliphatic heterocycles. The van der Waals surface area contributed by atoms with Gasteiger partial charge in [-0.3, -0.25) is 4.79 Å². The third-order valence-corrected chi connectivity index (χ3v) is 6.58. The molecule has 6 nitrogen and oxygen atoms in total. The number of nitrogens with zero attached hydrogens (tertiary/aromatic N) is 2. The van der Waals surface area contributed by atoms with E-state index in [0.29, 0.717) is 18.7 Å². The van der Waals surface area contributed by atoms with Crippen LogP contribution in [0, 0.1) is 0 Å². The van der Waals surface area contributed by atoms with Gasteiger partial charge < -0.3 is 9.64 Å². The van der Waals surface area contributed by atoms with Crippen LogP contribution in [0.4, 0.5) is 0 Å². The number of sulfonamides is 1. The SMILES string of the molecule is CC1CN(S(=O)(=O)c2cccc(C(=O)N3CCCCC3)c2)CC(C)O1. The van der Waals surface area contributed by atoms with Crippen molar-refractivity contribution < 1.29 is 17.9 Å². The highest BCUT2D eigenvalue weighted by Crippen LogP contribution is 2.23. The van der Waals surface area contributed by atoms with E-state index < -0.39 is 10.0 Å². The van der Waals surface area contributed by atoms with Crippen molar-refractivity contribution in [1.82, 2.24) is 9.21 Å². The van der Waals surface area contributed by atoms with Gasteiger partial charge in [-0.15, -0.1) is 0 Å². The van der Waals surface area contributed by atoms with Gasteiger partial charge in [0.05, 0.1) is 17.1 Å². The van der Waals surface area contributed by atoms with Gasteiger partial charge in [-0.05, 0) is 51.3 Å². The van der Waals surface area contributed by atoms with Crippen molar-refractivity contribution >= 4 is 15.9 Å². The normalized spacial score (nSPS) is 25.8. The van der Waals surface area contributed by atoms with Gasteiger partial charge in [0.1, 0.15) is 0 Å². The molecule has 1 aromatic carbocycles. The third kappa shape index (κ3) is 4.04. The van der Waals surface area contributed by atoms with Gasteiger partial charge in [0, 0.05) is 31.7 Å². The largest absolute Gasteiger partial charge is 0.373 e. The van der Waals surface area contributed by atoms with Crippen LogP contribution in [0.2, 0.25) is 0 Å². The molecule has 0 N–H and O–H groups in total. The fraction of sp³-hybridized carbons (Fsp3) is 0.611. The van der Waals surface area contributed by atoms with Gasteiger partial charge >= 0.3 is 0 Å². The molecule has 0 bridgehead atoms. The van der Waals surface area contributed by atoms with Crippen LogP contribution in [-0.4, -0.2) is 61.9 Å². The van der Waals surface area contributed by atoms with Crippen molar-refractivity contribution in [2.24, 2.45) is 0 Å². The molecule has 0 aliphatic carbocycles. The van der Waals surface area contributed by atoms with Gasteiger partial charge in [-0.25, -0.2) is 8.42 Å². The van der Waals surface area contributed by atoms with Crippen molar-refractivity contribution in [3.63, 3.8) is 0 Å². The van der Waals surface area contributed by atoms with Crippen LogP contribution < -0.4 is 0 Å². The Bertz CT molecular complexity index is 718. The fourth-order valence-corrected chi connectivity index (χ4v) is 5.18. The summed E-state index contributed by atoms with van der Waals surface area (Å²) in [6.45, 7) is 5.89. The molecule has 0 radical (unpaired) electrons. The molecule has 2 saturated heterocycles. The van der Waals surface area contributed by atoms with Crippen LogP contribution in [-0.2, 0) is 14.8 Å². The first kappa shape index (κ1) is 18.4. The number of carbonyl (C=O) groups excluding carboxylic acids is 1. The first-order chi connectivity index (χ1) is 11.9. The Morgan fingerprint density at radius 2 is 1.72 bits per heavy atom. The fourth-order valence-electron chi connectivity index (χ4n) is 3.55. The van der Waals surface area contributed by atoms with Crippen molar-refractivity contribution in [3.05, 3.63) is 29.8 Å². The molecular weight excluding hydrogens is 340 g/mol. The Morgan fingerprint density at radius 3 is 2.36 bits per heavy atom. The van der Waals surface area contributed by atoms with E-state index in [-0.39, 0.29) is 23.0 Å². The summed E-state index contributed by atoms with van der Waals surface area (Å²) in [5.41, 5.74) is 0.442. The molecule has 2 unspecified atom stereocenters. The van der Waals surface area contributed by atoms with E-state index >= 15 is 0 Å². The molecular formula is C18H26N2O4S. The minimum Gasteiger partial charge on any atom is -0.373 e. The van der Waals surface area contributed by atoms with Gasteiger partial charge in [-0.2, -0.15) is 4.31 Å². The predicted octanol–water partition coefficient (Wildman–Crippen LogP) is 2.11. The minimum absolute atomic E-state index is 0.0829. The Labute approximate surface area is 149 Å². The van der Waals surface area contributed by atoms with Gasteiger partial charge in [0.25, 0.3) is 5.91 Å². The van der Waals surface area contributed by atoms with Crippen LogP contribution >= 0.6 is 0 Å². The lowest BCUT2D eigenvalue weighted by atomic mass is 10.1. The maximum absolute atomic E-state index is 13.0. The highest BCUT2D eigenvalue weighted by molar-refractivity contribution is 7.89. The number of benzene rings is 1. The van der Waals surface area contributed by atoms with Crippen LogP contribution in [0.15, 0.2) is 29.2 Å². The number of likely N-dealkylation sites (tertiary alicyclic amines) is 1. The summed E-state index contributed by atoms with van der Waals surface area (Å²) in [5.74, 6) is -0.0829. The Balaban J connectivity index is 1.83. The van der Waals surface area contributed by atoms with E-state index in [0.717, 1.165) is 32.4 Å². The Kier molecular flexibility index (Phi) is 5.46. The average Bonchev–Trinajstić information content (AvgIpc) is 2.61. The standard InChI is InChI=1S/C18H26N2O4S/c1-14-12-20(13-15(2)24-14)25(22,23)17-8-6-7-16(11-17)18(21)19-9-4-3-5-10-19/h6-8,11,14-15H,3-5,9-10,12-13H2,1-2H3. The molecule has 1 amide bonds. The summed E-state index contributed by atoms with van der Waals surface area (Å²) in [4.78, 5) is 14.6. The number of amides is 1. The van der Waals surface area contributed by atoms with Gasteiger partial charge in [0.15, 0.2) is 0 Å². The average molecular weight is 366 g/mol. The number of hydrogen-bond acceptors (Lipinski definition) is 4. The summed E-state index contributed by atoms with van der Waals surface area (Å²) < 4.78 is 33.0. The topological polar surface area (TPSA) is 66.9 Å². The lowest BCUT2D eigenvalue weighted by Crippen LogP contribution is -2.48. The molecule has 2 atom stereocenters. The van der Waals surface area contributed by atoms with Crippen molar-refractivity contribution in [1.29, 1.82) is 0 Å². The highest BCUT2D eigenvalue weighted by atomic mass is 32.2. The smallest absolute Gasteiger partial charge is 0.253 e. The van der Waals surface area contributed by atoms with Gasteiger partial charge in [0.2, 0.25) is 10.0 Å². The maximum Gasteiger partial charge on any atom is 0.253 e. The summed E-state index contributed by atoms with van der Waals surface area (Å²) in [6.07, 6.45) is 2.87. The summed E-state index contributed by atoms with van der Waals surface area (Å²) in [6, 6.07) is 6.42. The van der Waals surface area contributed by atoms with Crippen LogP contribution in [0.1, 0.15) is 43.5 Å². The number of rotatable bonds is 3. The Morgan fingerprint density at radius 1 is 1.08 bits per heavy atom. The van der Waals surface area contributed by atoms with Crippen LogP contribution in [0.3, 0.4) is 0 Å². The molecule has 2 fully saturated rings. The first-order valence-corrected chi connectivity index (χ1v) is 10.4.